The zero-order valence-corrected chi connectivity index (χ0v) is 10.0. The number of benzene rings is 1. The Morgan fingerprint density at radius 1 is 1.41 bits per heavy atom. The first-order chi connectivity index (χ1) is 8.20. The van der Waals surface area contributed by atoms with Crippen LogP contribution in [-0.4, -0.2) is 19.1 Å². The van der Waals surface area contributed by atoms with E-state index in [1.54, 1.807) is 25.3 Å². The van der Waals surface area contributed by atoms with Gasteiger partial charge < -0.3 is 15.8 Å². The maximum absolute atomic E-state index is 11.9. The molecule has 0 unspecified atom stereocenters. The second kappa shape index (κ2) is 5.08. The lowest BCUT2D eigenvalue weighted by Crippen LogP contribution is -2.32. The van der Waals surface area contributed by atoms with E-state index in [9.17, 15) is 4.79 Å². The molecular formula is C13H18N2O2. The lowest BCUT2D eigenvalue weighted by atomic mass is 10.1. The van der Waals surface area contributed by atoms with E-state index >= 15 is 0 Å². The van der Waals surface area contributed by atoms with E-state index in [1.165, 1.54) is 12.8 Å². The number of nitrogens with two attached hydrogens (primary N) is 1. The number of nitrogen functional groups attached to an aromatic ring is 1. The molecule has 1 aromatic rings. The summed E-state index contributed by atoms with van der Waals surface area (Å²) in [6, 6.07) is 5.44. The molecule has 3 N–H and O–H groups in total. The van der Waals surface area contributed by atoms with E-state index in [0.717, 1.165) is 12.8 Å². The molecule has 92 valence electrons. The third-order valence-corrected chi connectivity index (χ3v) is 3.18. The summed E-state index contributed by atoms with van der Waals surface area (Å²) >= 11 is 0. The smallest absolute Gasteiger partial charge is 0.251 e. The zero-order valence-electron chi connectivity index (χ0n) is 10.0. The van der Waals surface area contributed by atoms with Gasteiger partial charge in [-0.05, 0) is 31.0 Å². The van der Waals surface area contributed by atoms with Crippen LogP contribution >= 0.6 is 0 Å². The van der Waals surface area contributed by atoms with Crippen LogP contribution in [0.2, 0.25) is 0 Å². The van der Waals surface area contributed by atoms with Crippen molar-refractivity contribution in [3.05, 3.63) is 23.8 Å². The minimum absolute atomic E-state index is 0.0498. The van der Waals surface area contributed by atoms with Gasteiger partial charge in [0.1, 0.15) is 5.75 Å². The molecule has 1 aliphatic rings. The SMILES string of the molecule is COc1ccc(C(=O)NC2CCCC2)cc1N. The number of hydrogen-bond donors (Lipinski definition) is 2. The number of carbonyl (C=O) groups excluding carboxylic acids is 1. The molecule has 0 bridgehead atoms. The lowest BCUT2D eigenvalue weighted by Gasteiger charge is -2.12. The van der Waals surface area contributed by atoms with Crippen LogP contribution in [-0.2, 0) is 0 Å². The number of ether oxygens (including phenoxy) is 1. The fourth-order valence-corrected chi connectivity index (χ4v) is 2.21. The van der Waals surface area contributed by atoms with Gasteiger partial charge >= 0.3 is 0 Å². The molecule has 1 aliphatic carbocycles. The highest BCUT2D eigenvalue weighted by molar-refractivity contribution is 5.95. The van der Waals surface area contributed by atoms with E-state index in [4.69, 9.17) is 10.5 Å². The highest BCUT2D eigenvalue weighted by Crippen LogP contribution is 2.23. The van der Waals surface area contributed by atoms with Gasteiger partial charge in [-0.3, -0.25) is 4.79 Å². The monoisotopic (exact) mass is 234 g/mol. The molecule has 4 nitrogen and oxygen atoms in total. The highest BCUT2D eigenvalue weighted by atomic mass is 16.5. The summed E-state index contributed by atoms with van der Waals surface area (Å²) in [7, 11) is 1.56. The van der Waals surface area contributed by atoms with Crippen molar-refractivity contribution in [3.63, 3.8) is 0 Å². The summed E-state index contributed by atoms with van der Waals surface area (Å²) in [5, 5.41) is 3.02. The predicted molar refractivity (Wildman–Crippen MR) is 67.1 cm³/mol. The number of rotatable bonds is 3. The van der Waals surface area contributed by atoms with Gasteiger partial charge in [-0.1, -0.05) is 12.8 Å². The van der Waals surface area contributed by atoms with Crippen LogP contribution in [0.15, 0.2) is 18.2 Å². The average Bonchev–Trinajstić information content (AvgIpc) is 2.81. The molecule has 1 fully saturated rings. The molecule has 4 heteroatoms. The molecule has 0 heterocycles. The van der Waals surface area contributed by atoms with Crippen LogP contribution in [0.4, 0.5) is 5.69 Å². The fraction of sp³-hybridized carbons (Fsp3) is 0.462. The molecule has 1 saturated carbocycles. The van der Waals surface area contributed by atoms with Crippen molar-refractivity contribution in [2.24, 2.45) is 0 Å². The number of nitrogens with one attached hydrogen (secondary N) is 1. The van der Waals surface area contributed by atoms with Crippen LogP contribution in [0.5, 0.6) is 5.75 Å². The van der Waals surface area contributed by atoms with Gasteiger partial charge in [0, 0.05) is 11.6 Å². The van der Waals surface area contributed by atoms with Crippen molar-refractivity contribution in [3.8, 4) is 5.75 Å². The summed E-state index contributed by atoms with van der Waals surface area (Å²) in [4.78, 5) is 11.9. The predicted octanol–water partition coefficient (Wildman–Crippen LogP) is 1.95. The second-order valence-electron chi connectivity index (χ2n) is 4.41. The Balaban J connectivity index is 2.05. The zero-order chi connectivity index (χ0) is 12.3. The van der Waals surface area contributed by atoms with Crippen molar-refractivity contribution in [2.75, 3.05) is 12.8 Å². The third kappa shape index (κ3) is 2.70. The summed E-state index contributed by atoms with van der Waals surface area (Å²) in [5.41, 5.74) is 6.86. The topological polar surface area (TPSA) is 64.3 Å². The van der Waals surface area contributed by atoms with Crippen molar-refractivity contribution < 1.29 is 9.53 Å². The van der Waals surface area contributed by atoms with Crippen molar-refractivity contribution >= 4 is 11.6 Å². The first-order valence-electron chi connectivity index (χ1n) is 5.95. The van der Waals surface area contributed by atoms with Crippen LogP contribution in [0.1, 0.15) is 36.0 Å². The highest BCUT2D eigenvalue weighted by Gasteiger charge is 2.18. The van der Waals surface area contributed by atoms with Gasteiger partial charge in [0.15, 0.2) is 0 Å². The molecule has 1 amide bonds. The van der Waals surface area contributed by atoms with E-state index in [-0.39, 0.29) is 5.91 Å². The van der Waals surface area contributed by atoms with Crippen molar-refractivity contribution in [1.82, 2.24) is 5.32 Å². The molecule has 0 saturated heterocycles. The molecule has 0 spiro atoms. The standard InChI is InChI=1S/C13H18N2O2/c1-17-12-7-6-9(8-11(12)14)13(16)15-10-4-2-3-5-10/h6-8,10H,2-5,14H2,1H3,(H,15,16). The van der Waals surface area contributed by atoms with Crippen molar-refractivity contribution in [2.45, 2.75) is 31.7 Å². The largest absolute Gasteiger partial charge is 0.495 e. The van der Waals surface area contributed by atoms with E-state index in [0.29, 0.717) is 23.0 Å². The second-order valence-corrected chi connectivity index (χ2v) is 4.41. The first kappa shape index (κ1) is 11.8. The molecule has 17 heavy (non-hydrogen) atoms. The minimum atomic E-state index is -0.0498. The van der Waals surface area contributed by atoms with Gasteiger partial charge in [0.2, 0.25) is 0 Å². The van der Waals surface area contributed by atoms with Gasteiger partial charge in [-0.25, -0.2) is 0 Å². The van der Waals surface area contributed by atoms with Crippen LogP contribution in [0.3, 0.4) is 0 Å². The Kier molecular flexibility index (Phi) is 3.52. The number of methoxy groups -OCH3 is 1. The molecule has 0 atom stereocenters. The Bertz CT molecular complexity index is 412. The fourth-order valence-electron chi connectivity index (χ4n) is 2.21. The van der Waals surface area contributed by atoms with Crippen LogP contribution in [0, 0.1) is 0 Å². The molecule has 0 aromatic heterocycles. The first-order valence-corrected chi connectivity index (χ1v) is 5.95. The van der Waals surface area contributed by atoms with Crippen molar-refractivity contribution in [1.29, 1.82) is 0 Å². The summed E-state index contributed by atoms with van der Waals surface area (Å²) < 4.78 is 5.06. The molecule has 1 aromatic carbocycles. The molecule has 0 radical (unpaired) electrons. The summed E-state index contributed by atoms with van der Waals surface area (Å²) in [6.45, 7) is 0. The van der Waals surface area contributed by atoms with Gasteiger partial charge in [0.05, 0.1) is 12.8 Å². The lowest BCUT2D eigenvalue weighted by molar-refractivity contribution is 0.0938. The Hall–Kier alpha value is -1.71. The summed E-state index contributed by atoms with van der Waals surface area (Å²) in [6.07, 6.45) is 4.57. The number of anilines is 1. The molecule has 0 aliphatic heterocycles. The number of carbonyl (C=O) groups is 1. The van der Waals surface area contributed by atoms with E-state index in [2.05, 4.69) is 5.32 Å². The quantitative estimate of drug-likeness (QED) is 0.786. The van der Waals surface area contributed by atoms with E-state index in [1.807, 2.05) is 0 Å². The minimum Gasteiger partial charge on any atom is -0.495 e. The van der Waals surface area contributed by atoms with Gasteiger partial charge in [-0.15, -0.1) is 0 Å². The molecule has 2 rings (SSSR count). The Morgan fingerprint density at radius 2 is 2.12 bits per heavy atom. The number of amides is 1. The third-order valence-electron chi connectivity index (χ3n) is 3.18. The Morgan fingerprint density at radius 3 is 2.71 bits per heavy atom. The van der Waals surface area contributed by atoms with Crippen LogP contribution < -0.4 is 15.8 Å². The maximum Gasteiger partial charge on any atom is 0.251 e. The van der Waals surface area contributed by atoms with Gasteiger partial charge in [0.25, 0.3) is 5.91 Å². The normalized spacial score (nSPS) is 15.8. The van der Waals surface area contributed by atoms with Crippen LogP contribution in [0.25, 0.3) is 0 Å². The average molecular weight is 234 g/mol. The Labute approximate surface area is 101 Å². The maximum atomic E-state index is 11.9. The van der Waals surface area contributed by atoms with E-state index < -0.39 is 0 Å². The number of hydrogen-bond acceptors (Lipinski definition) is 3. The molecular weight excluding hydrogens is 216 g/mol. The summed E-state index contributed by atoms with van der Waals surface area (Å²) in [5.74, 6) is 0.550. The van der Waals surface area contributed by atoms with Gasteiger partial charge in [-0.2, -0.15) is 0 Å².